The van der Waals surface area contributed by atoms with Crippen LogP contribution in [-0.2, 0) is 23.2 Å². The van der Waals surface area contributed by atoms with Gasteiger partial charge in [-0.2, -0.15) is 4.98 Å². The summed E-state index contributed by atoms with van der Waals surface area (Å²) in [6.07, 6.45) is 4.67. The van der Waals surface area contributed by atoms with Crippen LogP contribution in [0.4, 0.5) is 27.5 Å². The van der Waals surface area contributed by atoms with Gasteiger partial charge in [-0.3, -0.25) is 4.79 Å². The van der Waals surface area contributed by atoms with Gasteiger partial charge in [-0.05, 0) is 73.3 Å². The lowest BCUT2D eigenvalue weighted by molar-refractivity contribution is -0.138. The van der Waals surface area contributed by atoms with Gasteiger partial charge in [-0.25, -0.2) is 9.37 Å². The van der Waals surface area contributed by atoms with Crippen LogP contribution in [0.25, 0.3) is 0 Å². The first-order valence-corrected chi connectivity index (χ1v) is 13.2. The topological polar surface area (TPSA) is 90.8 Å². The molecular weight excluding hydrogens is 509 g/mol. The molecule has 2 aliphatic heterocycles. The van der Waals surface area contributed by atoms with Crippen molar-refractivity contribution in [3.05, 3.63) is 64.1 Å². The maximum atomic E-state index is 14.2. The molecule has 38 heavy (non-hydrogen) atoms. The van der Waals surface area contributed by atoms with E-state index in [-0.39, 0.29) is 19.1 Å². The highest BCUT2D eigenvalue weighted by atomic mass is 35.5. The van der Waals surface area contributed by atoms with E-state index in [2.05, 4.69) is 34.4 Å². The van der Waals surface area contributed by atoms with Crippen molar-refractivity contribution in [2.45, 2.75) is 50.7 Å². The zero-order valence-corrected chi connectivity index (χ0v) is 22.1. The molecule has 0 saturated heterocycles. The summed E-state index contributed by atoms with van der Waals surface area (Å²) in [4.78, 5) is 25.0. The molecular formula is C28H29ClFN5O3. The van der Waals surface area contributed by atoms with E-state index in [1.165, 1.54) is 29.5 Å². The summed E-state index contributed by atoms with van der Waals surface area (Å²) in [5, 5.41) is 13.2. The third-order valence-corrected chi connectivity index (χ3v) is 7.77. The molecule has 8 nitrogen and oxygen atoms in total. The van der Waals surface area contributed by atoms with Crippen LogP contribution in [0.3, 0.4) is 0 Å². The number of carbonyl (C=O) groups is 1. The van der Waals surface area contributed by atoms with Crippen molar-refractivity contribution in [1.29, 1.82) is 0 Å². The summed E-state index contributed by atoms with van der Waals surface area (Å²) < 4.78 is 20.4. The lowest BCUT2D eigenvalue weighted by Crippen LogP contribution is -2.31. The molecule has 1 aliphatic carbocycles. The number of ether oxygens (including phenoxy) is 1. The van der Waals surface area contributed by atoms with Crippen molar-refractivity contribution >= 4 is 40.7 Å². The number of benzene rings is 2. The van der Waals surface area contributed by atoms with Crippen molar-refractivity contribution in [2.24, 2.45) is 0 Å². The van der Waals surface area contributed by atoms with Crippen molar-refractivity contribution in [1.82, 2.24) is 14.9 Å². The maximum Gasteiger partial charge on any atom is 0.304 e. The number of aromatic nitrogens is 2. The Hall–Kier alpha value is -3.43. The number of hydrogen-bond acceptors (Lipinski definition) is 7. The van der Waals surface area contributed by atoms with Gasteiger partial charge >= 0.3 is 5.97 Å². The predicted octanol–water partition coefficient (Wildman–Crippen LogP) is 5.43. The van der Waals surface area contributed by atoms with Crippen molar-refractivity contribution < 1.29 is 19.0 Å². The molecule has 0 amide bonds. The summed E-state index contributed by atoms with van der Waals surface area (Å²) in [6.45, 7) is 3.97. The zero-order valence-electron chi connectivity index (χ0n) is 21.3. The van der Waals surface area contributed by atoms with Crippen LogP contribution in [0.15, 0.2) is 36.5 Å². The molecule has 6 rings (SSSR count). The second-order valence-corrected chi connectivity index (χ2v) is 11.2. The van der Waals surface area contributed by atoms with E-state index >= 15 is 0 Å². The summed E-state index contributed by atoms with van der Waals surface area (Å²) >= 11 is 6.58. The average Bonchev–Trinajstić information content (AvgIpc) is 3.63. The Kier molecular flexibility index (Phi) is 6.15. The van der Waals surface area contributed by atoms with E-state index in [0.717, 1.165) is 43.8 Å². The maximum absolute atomic E-state index is 14.2. The molecule has 1 atom stereocenters. The van der Waals surface area contributed by atoms with Crippen molar-refractivity contribution in [2.75, 3.05) is 30.4 Å². The fourth-order valence-corrected chi connectivity index (χ4v) is 5.63. The molecule has 0 bridgehead atoms. The molecule has 1 unspecified atom stereocenters. The fourth-order valence-electron chi connectivity index (χ4n) is 5.44. The Labute approximate surface area is 225 Å². The molecule has 10 heteroatoms. The van der Waals surface area contributed by atoms with Crippen LogP contribution >= 0.6 is 11.6 Å². The summed E-state index contributed by atoms with van der Waals surface area (Å²) in [5.41, 5.74) is 3.79. The third kappa shape index (κ3) is 4.76. The summed E-state index contributed by atoms with van der Waals surface area (Å²) in [5.74, 6) is 0.173. The highest BCUT2D eigenvalue weighted by Crippen LogP contribution is 2.47. The van der Waals surface area contributed by atoms with E-state index in [1.807, 2.05) is 11.8 Å². The second kappa shape index (κ2) is 9.39. The van der Waals surface area contributed by atoms with Crippen LogP contribution in [0.5, 0.6) is 5.75 Å². The van der Waals surface area contributed by atoms with Crippen molar-refractivity contribution in [3.63, 3.8) is 0 Å². The summed E-state index contributed by atoms with van der Waals surface area (Å²) in [6, 6.07) is 8.64. The average molecular weight is 538 g/mol. The quantitative estimate of drug-likeness (QED) is 0.412. The highest BCUT2D eigenvalue weighted by molar-refractivity contribution is 6.33. The molecule has 3 aromatic rings. The molecule has 0 spiro atoms. The minimum Gasteiger partial charge on any atom is -0.488 e. The molecule has 0 radical (unpaired) electrons. The number of hydrogen-bond donors (Lipinski definition) is 2. The van der Waals surface area contributed by atoms with Gasteiger partial charge in [-0.1, -0.05) is 18.5 Å². The standard InChI is InChI=1S/C28H29ClFN5O3/c1-28(12-25(36)37)15-35(23-6-3-18(30)11-20(23)28)26-21(29)13-31-27(33-26)32-22-9-17-14-34(2)8-7-16(17)10-24(22)38-19-4-5-19/h3,6,9-11,13,19H,4-5,7-8,12,14-15H2,1-2H3,(H,36,37)(H,31,32,33). The van der Waals surface area contributed by atoms with Crippen LogP contribution in [-0.4, -0.2) is 52.2 Å². The second-order valence-electron chi connectivity index (χ2n) is 10.8. The van der Waals surface area contributed by atoms with Crippen LogP contribution < -0.4 is 15.0 Å². The van der Waals surface area contributed by atoms with Gasteiger partial charge in [0.05, 0.1) is 24.4 Å². The normalized spacial score (nSPS) is 20.7. The first-order chi connectivity index (χ1) is 18.2. The molecule has 2 aromatic carbocycles. The third-order valence-electron chi connectivity index (χ3n) is 7.50. The van der Waals surface area contributed by atoms with Crippen LogP contribution in [0.2, 0.25) is 5.02 Å². The number of anilines is 4. The lowest BCUT2D eigenvalue weighted by Gasteiger charge is -2.27. The number of carboxylic acid groups (broad SMARTS) is 1. The van der Waals surface area contributed by atoms with Gasteiger partial charge in [0, 0.05) is 30.7 Å². The Morgan fingerprint density at radius 1 is 1.29 bits per heavy atom. The smallest absolute Gasteiger partial charge is 0.304 e. The minimum atomic E-state index is -0.957. The van der Waals surface area contributed by atoms with Gasteiger partial charge in [0.1, 0.15) is 16.6 Å². The number of aliphatic carboxylic acids is 1. The number of rotatable bonds is 7. The van der Waals surface area contributed by atoms with E-state index in [9.17, 15) is 14.3 Å². The Morgan fingerprint density at radius 2 is 2.11 bits per heavy atom. The lowest BCUT2D eigenvalue weighted by atomic mass is 9.81. The Morgan fingerprint density at radius 3 is 2.87 bits per heavy atom. The predicted molar refractivity (Wildman–Crippen MR) is 143 cm³/mol. The van der Waals surface area contributed by atoms with Gasteiger partial charge in [-0.15, -0.1) is 0 Å². The number of halogens is 2. The Balaban J connectivity index is 1.36. The number of likely N-dealkylation sites (N-methyl/N-ethyl adjacent to an activating group) is 1. The van der Waals surface area contributed by atoms with Crippen LogP contribution in [0.1, 0.15) is 42.9 Å². The van der Waals surface area contributed by atoms with E-state index < -0.39 is 17.2 Å². The molecule has 3 heterocycles. The first-order valence-electron chi connectivity index (χ1n) is 12.8. The van der Waals surface area contributed by atoms with E-state index in [4.69, 9.17) is 21.3 Å². The van der Waals surface area contributed by atoms with Crippen LogP contribution in [0, 0.1) is 5.82 Å². The SMILES string of the molecule is CN1CCc2cc(OC3CC3)c(Nc3ncc(Cl)c(N4CC(C)(CC(=O)O)c5cc(F)ccc54)n3)cc2C1. The van der Waals surface area contributed by atoms with Gasteiger partial charge < -0.3 is 25.0 Å². The van der Waals surface area contributed by atoms with E-state index in [1.54, 1.807) is 6.07 Å². The number of nitrogens with one attached hydrogen (secondary N) is 1. The molecule has 2 N–H and O–H groups in total. The van der Waals surface area contributed by atoms with Gasteiger partial charge in [0.25, 0.3) is 0 Å². The van der Waals surface area contributed by atoms with E-state index in [0.29, 0.717) is 28.0 Å². The number of nitrogens with zero attached hydrogens (tertiary/aromatic N) is 4. The zero-order chi connectivity index (χ0) is 26.6. The number of carboxylic acids is 1. The Bertz CT molecular complexity index is 1430. The molecule has 1 aromatic heterocycles. The minimum absolute atomic E-state index is 0.154. The van der Waals surface area contributed by atoms with Gasteiger partial charge in [0.15, 0.2) is 5.82 Å². The first kappa shape index (κ1) is 24.9. The monoisotopic (exact) mass is 537 g/mol. The largest absolute Gasteiger partial charge is 0.488 e. The highest BCUT2D eigenvalue weighted by Gasteiger charge is 2.42. The molecule has 3 aliphatic rings. The molecule has 1 saturated carbocycles. The molecule has 1 fully saturated rings. The fraction of sp³-hybridized carbons (Fsp3) is 0.393. The number of fused-ring (bicyclic) bond motifs is 2. The molecule has 198 valence electrons. The van der Waals surface area contributed by atoms with Gasteiger partial charge in [0.2, 0.25) is 5.95 Å². The van der Waals surface area contributed by atoms with Crippen molar-refractivity contribution in [3.8, 4) is 5.75 Å². The summed E-state index contributed by atoms with van der Waals surface area (Å²) in [7, 11) is 2.11.